The van der Waals surface area contributed by atoms with Crippen molar-refractivity contribution in [3.8, 4) is 0 Å². The first-order valence-electron chi connectivity index (χ1n) is 2.27. The molecular formula is C4H10N4. The number of hydrogen-bond donors (Lipinski definition) is 1. The summed E-state index contributed by atoms with van der Waals surface area (Å²) < 4.78 is 0. The van der Waals surface area contributed by atoms with E-state index >= 15 is 0 Å². The first kappa shape index (κ1) is 7.07. The van der Waals surface area contributed by atoms with E-state index in [-0.39, 0.29) is 5.84 Å². The summed E-state index contributed by atoms with van der Waals surface area (Å²) in [6.45, 7) is 1.58. The number of hydrogen-bond acceptors (Lipinski definition) is 2. The number of amidine groups is 1. The molecule has 0 amide bonds. The standard InChI is InChI=1S/C4H10N4/c1-4(5)6-7-8(2)3/h5H,1-3H3/b5-4?,7-6-. The van der Waals surface area contributed by atoms with Gasteiger partial charge in [0.15, 0.2) is 0 Å². The molecule has 0 aromatic heterocycles. The largest absolute Gasteiger partial charge is 0.285 e. The van der Waals surface area contributed by atoms with Crippen molar-refractivity contribution in [3.63, 3.8) is 0 Å². The zero-order valence-corrected chi connectivity index (χ0v) is 5.34. The van der Waals surface area contributed by atoms with Gasteiger partial charge in [0.2, 0.25) is 0 Å². The molecule has 0 fully saturated rings. The second-order valence-electron chi connectivity index (χ2n) is 1.62. The SMILES string of the molecule is CC(=N)/N=N\N(C)C. The molecule has 0 bridgehead atoms. The summed E-state index contributed by atoms with van der Waals surface area (Å²) in [6.07, 6.45) is 0. The predicted octanol–water partition coefficient (Wildman–Crippen LogP) is 0.912. The van der Waals surface area contributed by atoms with Crippen molar-refractivity contribution in [1.29, 1.82) is 5.41 Å². The van der Waals surface area contributed by atoms with E-state index in [4.69, 9.17) is 5.41 Å². The molecule has 0 spiro atoms. The Morgan fingerprint density at radius 2 is 2.00 bits per heavy atom. The molecule has 0 aromatic carbocycles. The molecule has 0 radical (unpaired) electrons. The van der Waals surface area contributed by atoms with Crippen molar-refractivity contribution in [3.05, 3.63) is 0 Å². The molecule has 46 valence electrons. The fourth-order valence-corrected chi connectivity index (χ4v) is 0.157. The van der Waals surface area contributed by atoms with Gasteiger partial charge in [-0.25, -0.2) is 0 Å². The monoisotopic (exact) mass is 114 g/mol. The Morgan fingerprint density at radius 1 is 1.50 bits per heavy atom. The highest BCUT2D eigenvalue weighted by atomic mass is 15.5. The molecule has 4 nitrogen and oxygen atoms in total. The Morgan fingerprint density at radius 3 is 2.12 bits per heavy atom. The molecule has 0 saturated heterocycles. The summed E-state index contributed by atoms with van der Waals surface area (Å²) in [5.41, 5.74) is 0. The molecule has 8 heavy (non-hydrogen) atoms. The summed E-state index contributed by atoms with van der Waals surface area (Å²) in [6, 6.07) is 0. The third-order valence-corrected chi connectivity index (χ3v) is 0.374. The van der Waals surface area contributed by atoms with E-state index in [1.165, 1.54) is 5.01 Å². The van der Waals surface area contributed by atoms with Crippen LogP contribution in [0.25, 0.3) is 0 Å². The van der Waals surface area contributed by atoms with Gasteiger partial charge in [-0.15, -0.1) is 5.11 Å². The lowest BCUT2D eigenvalue weighted by molar-refractivity contribution is 0.410. The highest BCUT2D eigenvalue weighted by molar-refractivity contribution is 5.76. The quantitative estimate of drug-likeness (QED) is 0.234. The van der Waals surface area contributed by atoms with Crippen LogP contribution in [0.15, 0.2) is 10.3 Å². The molecule has 0 saturated carbocycles. The van der Waals surface area contributed by atoms with E-state index in [0.717, 1.165) is 0 Å². The Labute approximate surface area is 48.7 Å². The number of rotatable bonds is 1. The Balaban J connectivity index is 3.50. The smallest absolute Gasteiger partial charge is 0.142 e. The van der Waals surface area contributed by atoms with Crippen LogP contribution in [-0.2, 0) is 0 Å². The van der Waals surface area contributed by atoms with Gasteiger partial charge >= 0.3 is 0 Å². The maximum absolute atomic E-state index is 6.80. The van der Waals surface area contributed by atoms with Gasteiger partial charge in [0, 0.05) is 14.1 Å². The average Bonchev–Trinajstić information content (AvgIpc) is 1.61. The zero-order valence-electron chi connectivity index (χ0n) is 5.34. The van der Waals surface area contributed by atoms with Gasteiger partial charge < -0.3 is 0 Å². The molecule has 0 atom stereocenters. The van der Waals surface area contributed by atoms with E-state index in [2.05, 4.69) is 10.3 Å². The van der Waals surface area contributed by atoms with Crippen molar-refractivity contribution in [2.24, 2.45) is 10.3 Å². The van der Waals surface area contributed by atoms with Crippen molar-refractivity contribution in [2.45, 2.75) is 6.92 Å². The fraction of sp³-hybridized carbons (Fsp3) is 0.750. The molecule has 0 heterocycles. The minimum Gasteiger partial charge on any atom is -0.285 e. The summed E-state index contributed by atoms with van der Waals surface area (Å²) in [5.74, 6) is 0.221. The molecule has 0 aliphatic rings. The summed E-state index contributed by atoms with van der Waals surface area (Å²) in [4.78, 5) is 0. The summed E-state index contributed by atoms with van der Waals surface area (Å²) in [7, 11) is 3.51. The first-order valence-corrected chi connectivity index (χ1v) is 2.27. The zero-order chi connectivity index (χ0) is 6.57. The van der Waals surface area contributed by atoms with Gasteiger partial charge in [0.25, 0.3) is 0 Å². The lowest BCUT2D eigenvalue weighted by Crippen LogP contribution is -2.00. The van der Waals surface area contributed by atoms with Crippen LogP contribution in [0.1, 0.15) is 6.92 Å². The molecule has 0 aliphatic heterocycles. The Bertz CT molecular complexity index is 105. The Kier molecular flexibility index (Phi) is 2.76. The normalized spacial score (nSPS) is 9.88. The van der Waals surface area contributed by atoms with Crippen LogP contribution in [0.4, 0.5) is 0 Å². The van der Waals surface area contributed by atoms with Crippen LogP contribution in [0.5, 0.6) is 0 Å². The lowest BCUT2D eigenvalue weighted by Gasteiger charge is -1.97. The third kappa shape index (κ3) is 5.07. The highest BCUT2D eigenvalue weighted by Gasteiger charge is 1.78. The van der Waals surface area contributed by atoms with Crippen LogP contribution >= 0.6 is 0 Å². The first-order chi connectivity index (χ1) is 3.63. The van der Waals surface area contributed by atoms with Crippen molar-refractivity contribution in [1.82, 2.24) is 5.01 Å². The van der Waals surface area contributed by atoms with Gasteiger partial charge in [-0.1, -0.05) is 5.22 Å². The number of nitrogens with one attached hydrogen (secondary N) is 1. The Hall–Kier alpha value is -0.930. The number of nitrogens with zero attached hydrogens (tertiary/aromatic N) is 3. The van der Waals surface area contributed by atoms with Gasteiger partial charge in [-0.2, -0.15) is 0 Å². The van der Waals surface area contributed by atoms with Gasteiger partial charge in [-0.05, 0) is 6.92 Å². The molecule has 0 rings (SSSR count). The second-order valence-corrected chi connectivity index (χ2v) is 1.62. The van der Waals surface area contributed by atoms with Gasteiger partial charge in [0.05, 0.1) is 0 Å². The van der Waals surface area contributed by atoms with Crippen LogP contribution in [0, 0.1) is 5.41 Å². The van der Waals surface area contributed by atoms with Gasteiger partial charge in [-0.3, -0.25) is 10.4 Å². The minimum atomic E-state index is 0.221. The second kappa shape index (κ2) is 3.12. The van der Waals surface area contributed by atoms with E-state index in [1.54, 1.807) is 21.0 Å². The summed E-state index contributed by atoms with van der Waals surface area (Å²) in [5, 5.41) is 15.4. The van der Waals surface area contributed by atoms with Crippen LogP contribution in [0.2, 0.25) is 0 Å². The lowest BCUT2D eigenvalue weighted by atomic mass is 10.7. The maximum Gasteiger partial charge on any atom is 0.142 e. The summed E-state index contributed by atoms with van der Waals surface area (Å²) >= 11 is 0. The maximum atomic E-state index is 6.80. The van der Waals surface area contributed by atoms with Crippen molar-refractivity contribution >= 4 is 5.84 Å². The van der Waals surface area contributed by atoms with E-state index in [0.29, 0.717) is 0 Å². The van der Waals surface area contributed by atoms with Crippen LogP contribution in [-0.4, -0.2) is 24.9 Å². The molecule has 0 unspecified atom stereocenters. The van der Waals surface area contributed by atoms with Crippen LogP contribution in [0.3, 0.4) is 0 Å². The van der Waals surface area contributed by atoms with Crippen LogP contribution < -0.4 is 0 Å². The van der Waals surface area contributed by atoms with Gasteiger partial charge in [0.1, 0.15) is 5.84 Å². The molecule has 0 aliphatic carbocycles. The molecule has 0 aromatic rings. The molecule has 1 N–H and O–H groups in total. The predicted molar refractivity (Wildman–Crippen MR) is 31.9 cm³/mol. The van der Waals surface area contributed by atoms with E-state index in [1.807, 2.05) is 0 Å². The topological polar surface area (TPSA) is 51.8 Å². The highest BCUT2D eigenvalue weighted by Crippen LogP contribution is 1.79. The van der Waals surface area contributed by atoms with E-state index in [9.17, 15) is 0 Å². The van der Waals surface area contributed by atoms with Crippen molar-refractivity contribution in [2.75, 3.05) is 14.1 Å². The van der Waals surface area contributed by atoms with E-state index < -0.39 is 0 Å². The average molecular weight is 114 g/mol. The third-order valence-electron chi connectivity index (χ3n) is 0.374. The minimum absolute atomic E-state index is 0.221. The fourth-order valence-electron chi connectivity index (χ4n) is 0.157. The molecule has 4 heteroatoms. The molecular weight excluding hydrogens is 104 g/mol. The van der Waals surface area contributed by atoms with Crippen molar-refractivity contribution < 1.29 is 0 Å².